The number of benzene rings is 1. The highest BCUT2D eigenvalue weighted by molar-refractivity contribution is 5.79. The molecule has 116 valence electrons. The molecule has 4 N–H and O–H groups in total. The van der Waals surface area contributed by atoms with Crippen LogP contribution in [0, 0.1) is 13.8 Å². The van der Waals surface area contributed by atoms with Gasteiger partial charge in [0.05, 0.1) is 0 Å². The van der Waals surface area contributed by atoms with E-state index in [1.165, 1.54) is 11.9 Å². The number of pyridine rings is 1. The lowest BCUT2D eigenvalue weighted by atomic mass is 10.2. The van der Waals surface area contributed by atoms with Crippen molar-refractivity contribution in [1.29, 1.82) is 0 Å². The summed E-state index contributed by atoms with van der Waals surface area (Å²) in [5.41, 5.74) is 9.83. The molecule has 3 rings (SSSR count). The van der Waals surface area contributed by atoms with Gasteiger partial charge in [-0.1, -0.05) is 17.7 Å². The molecule has 1 aromatic carbocycles. The van der Waals surface area contributed by atoms with Crippen LogP contribution in [0.5, 0.6) is 0 Å². The minimum Gasteiger partial charge on any atom is -0.393 e. The zero-order valence-electron chi connectivity index (χ0n) is 13.0. The summed E-state index contributed by atoms with van der Waals surface area (Å²) in [6.45, 7) is 4.04. The molecule has 0 aliphatic heterocycles. The number of aryl methyl sites for hydroxylation is 2. The first-order valence-corrected chi connectivity index (χ1v) is 7.25. The molecule has 0 aliphatic carbocycles. The number of hydrogen-bond donors (Lipinski definition) is 3. The van der Waals surface area contributed by atoms with E-state index < -0.39 is 0 Å². The van der Waals surface area contributed by atoms with Crippen molar-refractivity contribution in [1.82, 2.24) is 15.0 Å². The average molecular weight is 306 g/mol. The van der Waals surface area contributed by atoms with Crippen molar-refractivity contribution in [2.75, 3.05) is 16.4 Å². The number of nitrogens with zero attached hydrogens (tertiary/aromatic N) is 3. The highest BCUT2D eigenvalue weighted by Crippen LogP contribution is 2.27. The second kappa shape index (κ2) is 6.31. The number of nitrogen functional groups attached to an aromatic ring is 1. The molecule has 0 saturated carbocycles. The van der Waals surface area contributed by atoms with E-state index in [4.69, 9.17) is 5.73 Å². The Kier molecular flexibility index (Phi) is 4.05. The van der Waals surface area contributed by atoms with Crippen LogP contribution in [0.25, 0.3) is 0 Å². The summed E-state index contributed by atoms with van der Waals surface area (Å²) in [6, 6.07) is 11.9. The van der Waals surface area contributed by atoms with Gasteiger partial charge in [0, 0.05) is 11.9 Å². The number of rotatable bonds is 4. The highest BCUT2D eigenvalue weighted by atomic mass is 15.1. The molecule has 0 spiro atoms. The summed E-state index contributed by atoms with van der Waals surface area (Å²) in [5, 5.41) is 6.32. The van der Waals surface area contributed by atoms with Gasteiger partial charge in [-0.2, -0.15) is 0 Å². The molecule has 6 nitrogen and oxygen atoms in total. The molecule has 6 heteroatoms. The normalized spacial score (nSPS) is 10.3. The van der Waals surface area contributed by atoms with Gasteiger partial charge in [0.25, 0.3) is 0 Å². The molecule has 0 fully saturated rings. The van der Waals surface area contributed by atoms with Gasteiger partial charge in [0.2, 0.25) is 0 Å². The van der Waals surface area contributed by atoms with Crippen molar-refractivity contribution >= 4 is 28.8 Å². The molecule has 0 saturated heterocycles. The van der Waals surface area contributed by atoms with Crippen molar-refractivity contribution in [3.05, 3.63) is 60.0 Å². The summed E-state index contributed by atoms with van der Waals surface area (Å²) >= 11 is 0. The van der Waals surface area contributed by atoms with Gasteiger partial charge < -0.3 is 16.4 Å². The molecule has 2 aromatic heterocycles. The van der Waals surface area contributed by atoms with E-state index in [-0.39, 0.29) is 0 Å². The fourth-order valence-electron chi connectivity index (χ4n) is 2.09. The number of nitrogens with one attached hydrogen (secondary N) is 2. The Morgan fingerprint density at radius 3 is 2.22 bits per heavy atom. The zero-order valence-corrected chi connectivity index (χ0v) is 13.0. The Morgan fingerprint density at radius 1 is 0.826 bits per heavy atom. The van der Waals surface area contributed by atoms with Crippen LogP contribution in [-0.4, -0.2) is 15.0 Å². The lowest BCUT2D eigenvalue weighted by Crippen LogP contribution is -2.05. The van der Waals surface area contributed by atoms with Crippen molar-refractivity contribution in [2.24, 2.45) is 0 Å². The van der Waals surface area contributed by atoms with Crippen LogP contribution in [0.3, 0.4) is 0 Å². The van der Waals surface area contributed by atoms with E-state index in [0.29, 0.717) is 23.1 Å². The van der Waals surface area contributed by atoms with Gasteiger partial charge in [-0.15, -0.1) is 0 Å². The quantitative estimate of drug-likeness (QED) is 0.683. The third-order valence-electron chi connectivity index (χ3n) is 3.36. The predicted molar refractivity (Wildman–Crippen MR) is 93.2 cm³/mol. The van der Waals surface area contributed by atoms with Gasteiger partial charge in [0.1, 0.15) is 17.8 Å². The van der Waals surface area contributed by atoms with Crippen molar-refractivity contribution < 1.29 is 0 Å². The fourth-order valence-corrected chi connectivity index (χ4v) is 2.09. The molecule has 0 amide bonds. The Morgan fingerprint density at radius 2 is 1.52 bits per heavy atom. The van der Waals surface area contributed by atoms with E-state index in [1.54, 1.807) is 6.20 Å². The molecule has 0 unspecified atom stereocenters. The van der Waals surface area contributed by atoms with Crippen molar-refractivity contribution in [3.8, 4) is 0 Å². The second-order valence-corrected chi connectivity index (χ2v) is 5.32. The number of hydrogen-bond acceptors (Lipinski definition) is 6. The van der Waals surface area contributed by atoms with Crippen LogP contribution in [0.2, 0.25) is 0 Å². The zero-order chi connectivity index (χ0) is 16.2. The monoisotopic (exact) mass is 306 g/mol. The first kappa shape index (κ1) is 14.8. The molecule has 0 aliphatic rings. The van der Waals surface area contributed by atoms with E-state index in [9.17, 15) is 0 Å². The third kappa shape index (κ3) is 3.55. The van der Waals surface area contributed by atoms with Gasteiger partial charge in [-0.05, 0) is 43.7 Å². The van der Waals surface area contributed by atoms with E-state index in [1.807, 2.05) is 50.2 Å². The topological polar surface area (TPSA) is 88.8 Å². The Labute approximate surface area is 134 Å². The Hall–Kier alpha value is -3.15. The molecule has 23 heavy (non-hydrogen) atoms. The van der Waals surface area contributed by atoms with E-state index in [0.717, 1.165) is 11.3 Å². The van der Waals surface area contributed by atoms with Gasteiger partial charge in [0.15, 0.2) is 11.6 Å². The lowest BCUT2D eigenvalue weighted by Gasteiger charge is -2.12. The number of nitrogens with two attached hydrogens (primary N) is 1. The molecular formula is C17H18N6. The smallest absolute Gasteiger partial charge is 0.160 e. The maximum atomic E-state index is 6.17. The maximum absolute atomic E-state index is 6.17. The minimum atomic E-state index is 0.441. The van der Waals surface area contributed by atoms with Gasteiger partial charge >= 0.3 is 0 Å². The summed E-state index contributed by atoms with van der Waals surface area (Å²) < 4.78 is 0. The van der Waals surface area contributed by atoms with Crippen molar-refractivity contribution in [3.63, 3.8) is 0 Å². The predicted octanol–water partition coefficient (Wildman–Crippen LogP) is 3.56. The fraction of sp³-hybridized carbons (Fsp3) is 0.118. The maximum Gasteiger partial charge on any atom is 0.160 e. The van der Waals surface area contributed by atoms with Crippen LogP contribution < -0.4 is 16.4 Å². The van der Waals surface area contributed by atoms with E-state index in [2.05, 4.69) is 25.6 Å². The lowest BCUT2D eigenvalue weighted by molar-refractivity contribution is 1.16. The highest BCUT2D eigenvalue weighted by Gasteiger charge is 2.09. The molecule has 0 radical (unpaired) electrons. The summed E-state index contributed by atoms with van der Waals surface area (Å²) in [6.07, 6.45) is 3.20. The van der Waals surface area contributed by atoms with Crippen LogP contribution in [0.1, 0.15) is 11.1 Å². The third-order valence-corrected chi connectivity index (χ3v) is 3.36. The summed E-state index contributed by atoms with van der Waals surface area (Å²) in [5.74, 6) is 1.77. The molecular weight excluding hydrogens is 288 g/mol. The molecule has 2 heterocycles. The van der Waals surface area contributed by atoms with Gasteiger partial charge in [-0.25, -0.2) is 15.0 Å². The summed E-state index contributed by atoms with van der Waals surface area (Å²) in [4.78, 5) is 12.7. The second-order valence-electron chi connectivity index (χ2n) is 5.32. The standard InChI is InChI=1S/C17H18N6/c1-11-3-5-13(6-4-11)22-16-15(18)17(21-10-20-16)23-14-9-12(2)7-8-19-14/h3-10H,18H2,1-2H3,(H2,19,20,21,22,23). The first-order valence-electron chi connectivity index (χ1n) is 7.25. The van der Waals surface area contributed by atoms with Crippen LogP contribution in [-0.2, 0) is 0 Å². The van der Waals surface area contributed by atoms with Crippen LogP contribution in [0.15, 0.2) is 48.9 Å². The largest absolute Gasteiger partial charge is 0.393 e. The summed E-state index contributed by atoms with van der Waals surface area (Å²) in [7, 11) is 0. The number of anilines is 5. The minimum absolute atomic E-state index is 0.441. The molecule has 0 atom stereocenters. The number of aromatic nitrogens is 3. The average Bonchev–Trinajstić information content (AvgIpc) is 2.53. The molecule has 0 bridgehead atoms. The van der Waals surface area contributed by atoms with Crippen molar-refractivity contribution in [2.45, 2.75) is 13.8 Å². The molecule has 3 aromatic rings. The van der Waals surface area contributed by atoms with E-state index >= 15 is 0 Å². The SMILES string of the molecule is Cc1ccc(Nc2ncnc(Nc3cc(C)ccn3)c2N)cc1. The Bertz CT molecular complexity index is 814. The Balaban J connectivity index is 1.84. The van der Waals surface area contributed by atoms with Crippen LogP contribution in [0.4, 0.5) is 28.8 Å². The van der Waals surface area contributed by atoms with Gasteiger partial charge in [-0.3, -0.25) is 0 Å². The van der Waals surface area contributed by atoms with Crippen LogP contribution >= 0.6 is 0 Å². The first-order chi connectivity index (χ1) is 11.1.